The highest BCUT2D eigenvalue weighted by molar-refractivity contribution is 9.09. The van der Waals surface area contributed by atoms with E-state index in [4.69, 9.17) is 9.84 Å². The van der Waals surface area contributed by atoms with Crippen molar-refractivity contribution in [3.8, 4) is 0 Å². The lowest BCUT2D eigenvalue weighted by Crippen LogP contribution is -2.56. The van der Waals surface area contributed by atoms with E-state index in [9.17, 15) is 14.4 Å². The Morgan fingerprint density at radius 2 is 1.86 bits per heavy atom. The van der Waals surface area contributed by atoms with Gasteiger partial charge in [0.1, 0.15) is 11.6 Å². The molecule has 8 nitrogen and oxygen atoms in total. The number of likely N-dealkylation sites (tertiary alicyclic amines) is 1. The monoisotopic (exact) mass is 563 g/mol. The molecule has 0 radical (unpaired) electrons. The third kappa shape index (κ3) is 5.20. The number of rotatable bonds is 13. The molecule has 4 rings (SSSR count). The molecule has 9 heteroatoms. The Balaban J connectivity index is 1.55. The number of hydrogen-bond acceptors (Lipinski definition) is 5. The molecule has 3 saturated heterocycles. The summed E-state index contributed by atoms with van der Waals surface area (Å²) in [7, 11) is 0. The van der Waals surface area contributed by atoms with Gasteiger partial charge in [0.05, 0.1) is 17.9 Å². The van der Waals surface area contributed by atoms with Crippen molar-refractivity contribution in [3.63, 3.8) is 0 Å². The lowest BCUT2D eigenvalue weighted by Gasteiger charge is -2.34. The molecule has 36 heavy (non-hydrogen) atoms. The number of carbonyl (C=O) groups excluding carboxylic acids is 3. The van der Waals surface area contributed by atoms with Crippen molar-refractivity contribution >= 4 is 33.7 Å². The average Bonchev–Trinajstić information content (AvgIpc) is 3.46. The summed E-state index contributed by atoms with van der Waals surface area (Å²) >= 11 is 3.70. The van der Waals surface area contributed by atoms with Crippen LogP contribution in [0.4, 0.5) is 0 Å². The van der Waals surface area contributed by atoms with Crippen molar-refractivity contribution in [2.45, 2.75) is 81.0 Å². The predicted molar refractivity (Wildman–Crippen MR) is 139 cm³/mol. The number of carbonyl (C=O) groups is 3. The molecule has 3 aliphatic rings. The Morgan fingerprint density at radius 1 is 1.11 bits per heavy atom. The zero-order chi connectivity index (χ0) is 25.7. The van der Waals surface area contributed by atoms with Crippen LogP contribution in [0.5, 0.6) is 0 Å². The Hall–Kier alpha value is -1.97. The predicted octanol–water partition coefficient (Wildman–Crippen LogP) is 2.52. The third-order valence-corrected chi connectivity index (χ3v) is 8.63. The third-order valence-electron chi connectivity index (χ3n) is 7.79. The maximum Gasteiger partial charge on any atom is 0.245 e. The number of fused-ring (bicyclic) bond motifs is 1. The first-order valence-electron chi connectivity index (χ1n) is 13.3. The molecule has 3 fully saturated rings. The van der Waals surface area contributed by atoms with Crippen LogP contribution in [0.1, 0.15) is 57.4 Å². The number of nitrogens with one attached hydrogen (secondary N) is 2. The minimum Gasteiger partial charge on any atom is -0.396 e. The maximum atomic E-state index is 13.9. The highest BCUT2D eigenvalue weighted by Crippen LogP contribution is 2.60. The first-order chi connectivity index (χ1) is 17.4. The summed E-state index contributed by atoms with van der Waals surface area (Å²) in [5.41, 5.74) is -0.0260. The summed E-state index contributed by atoms with van der Waals surface area (Å²) < 4.78 is 6.50. The van der Waals surface area contributed by atoms with Gasteiger partial charge in [0.25, 0.3) is 0 Å². The number of halogens is 1. The molecule has 3 amide bonds. The van der Waals surface area contributed by atoms with Crippen LogP contribution in [-0.4, -0.2) is 70.0 Å². The summed E-state index contributed by atoms with van der Waals surface area (Å²) in [4.78, 5) is 42.4. The van der Waals surface area contributed by atoms with Crippen LogP contribution in [0.15, 0.2) is 30.3 Å². The standard InChI is InChI=1S/C27H38BrN3O5/c1-2-3-13-29-25(34)23-27-16-19(28)22(36-27)20(24(33)30-17-18-11-7-6-8-12-18)21(27)26(35)31(23)14-9-4-5-10-15-32/h6-8,11-12,19-23,32H,2-5,9-10,13-17H2,1H3,(H,29,34)(H,30,33)/t19?,20-,21-,22-,23?,27?/m0/s1. The normalized spacial score (nSPS) is 30.5. The van der Waals surface area contributed by atoms with Crippen LogP contribution >= 0.6 is 15.9 Å². The van der Waals surface area contributed by atoms with E-state index in [1.54, 1.807) is 4.90 Å². The fourth-order valence-corrected chi connectivity index (χ4v) is 7.05. The summed E-state index contributed by atoms with van der Waals surface area (Å²) in [6.45, 7) is 3.58. The average molecular weight is 565 g/mol. The molecular formula is C27H38BrN3O5. The molecule has 0 aromatic heterocycles. The second-order valence-electron chi connectivity index (χ2n) is 10.2. The summed E-state index contributed by atoms with van der Waals surface area (Å²) in [6.07, 6.45) is 5.07. The second-order valence-corrected chi connectivity index (χ2v) is 11.4. The quantitative estimate of drug-likeness (QED) is 0.252. The van der Waals surface area contributed by atoms with Crippen LogP contribution < -0.4 is 10.6 Å². The van der Waals surface area contributed by atoms with Gasteiger partial charge in [-0.1, -0.05) is 72.4 Å². The van der Waals surface area contributed by atoms with Crippen molar-refractivity contribution in [1.82, 2.24) is 15.5 Å². The minimum atomic E-state index is -1.01. The highest BCUT2D eigenvalue weighted by Gasteiger charge is 2.76. The van der Waals surface area contributed by atoms with Gasteiger partial charge < -0.3 is 25.4 Å². The van der Waals surface area contributed by atoms with E-state index < -0.39 is 29.6 Å². The largest absolute Gasteiger partial charge is 0.396 e. The first-order valence-corrected chi connectivity index (χ1v) is 14.2. The van der Waals surface area contributed by atoms with Gasteiger partial charge in [-0.05, 0) is 31.2 Å². The number of hydrogen-bond donors (Lipinski definition) is 3. The zero-order valence-corrected chi connectivity index (χ0v) is 22.5. The second kappa shape index (κ2) is 12.0. The Bertz CT molecular complexity index is 931. The van der Waals surface area contributed by atoms with Crippen LogP contribution in [0.25, 0.3) is 0 Å². The zero-order valence-electron chi connectivity index (χ0n) is 21.0. The van der Waals surface area contributed by atoms with E-state index in [-0.39, 0.29) is 29.2 Å². The van der Waals surface area contributed by atoms with Gasteiger partial charge in [-0.3, -0.25) is 14.4 Å². The molecule has 1 aromatic rings. The Labute approximate surface area is 221 Å². The first kappa shape index (κ1) is 27.1. The van der Waals surface area contributed by atoms with Gasteiger partial charge in [0.15, 0.2) is 0 Å². The van der Waals surface area contributed by atoms with E-state index in [1.807, 2.05) is 30.3 Å². The molecular weight excluding hydrogens is 526 g/mol. The molecule has 2 bridgehead atoms. The highest BCUT2D eigenvalue weighted by atomic mass is 79.9. The number of unbranched alkanes of at least 4 members (excludes halogenated alkanes) is 4. The number of ether oxygens (including phenoxy) is 1. The van der Waals surface area contributed by atoms with Crippen molar-refractivity contribution in [2.75, 3.05) is 19.7 Å². The number of aliphatic hydroxyl groups is 1. The fourth-order valence-electron chi connectivity index (χ4n) is 6.11. The molecule has 3 heterocycles. The fraction of sp³-hybridized carbons (Fsp3) is 0.667. The van der Waals surface area contributed by atoms with E-state index in [2.05, 4.69) is 33.5 Å². The number of benzene rings is 1. The van der Waals surface area contributed by atoms with Gasteiger partial charge in [-0.15, -0.1) is 0 Å². The topological polar surface area (TPSA) is 108 Å². The number of amides is 3. The molecule has 1 aromatic carbocycles. The maximum absolute atomic E-state index is 13.9. The number of nitrogens with zero attached hydrogens (tertiary/aromatic N) is 1. The Morgan fingerprint density at radius 3 is 2.58 bits per heavy atom. The van der Waals surface area contributed by atoms with E-state index >= 15 is 0 Å². The van der Waals surface area contributed by atoms with Crippen molar-refractivity contribution < 1.29 is 24.2 Å². The van der Waals surface area contributed by atoms with Crippen molar-refractivity contribution in [1.29, 1.82) is 0 Å². The minimum absolute atomic E-state index is 0.107. The molecule has 3 aliphatic heterocycles. The summed E-state index contributed by atoms with van der Waals surface area (Å²) in [5.74, 6) is -1.88. The van der Waals surface area contributed by atoms with E-state index in [0.29, 0.717) is 26.1 Å². The van der Waals surface area contributed by atoms with Crippen molar-refractivity contribution in [2.24, 2.45) is 11.8 Å². The smallest absolute Gasteiger partial charge is 0.245 e. The van der Waals surface area contributed by atoms with Crippen molar-refractivity contribution in [3.05, 3.63) is 35.9 Å². The van der Waals surface area contributed by atoms with E-state index in [0.717, 1.165) is 44.1 Å². The molecule has 0 aliphatic carbocycles. The molecule has 198 valence electrons. The molecule has 6 atom stereocenters. The number of aliphatic hydroxyl groups excluding tert-OH is 1. The SMILES string of the molecule is CCCCNC(=O)C1N(CCCCCCO)C(=O)[C@@H]2[C@H](C(=O)NCc3ccccc3)[C@H]3OC12CC3Br. The van der Waals surface area contributed by atoms with Crippen LogP contribution in [-0.2, 0) is 25.7 Å². The lowest BCUT2D eigenvalue weighted by molar-refractivity contribution is -0.142. The van der Waals surface area contributed by atoms with Gasteiger partial charge in [0, 0.05) is 31.1 Å². The Kier molecular flexibility index (Phi) is 9.06. The van der Waals surface area contributed by atoms with Crippen LogP contribution in [0.3, 0.4) is 0 Å². The van der Waals surface area contributed by atoms with E-state index in [1.165, 1.54) is 0 Å². The molecule has 3 unspecified atom stereocenters. The molecule has 3 N–H and O–H groups in total. The molecule has 0 saturated carbocycles. The van der Waals surface area contributed by atoms with Crippen LogP contribution in [0.2, 0.25) is 0 Å². The van der Waals surface area contributed by atoms with Gasteiger partial charge in [-0.2, -0.15) is 0 Å². The van der Waals surface area contributed by atoms with Gasteiger partial charge in [0.2, 0.25) is 17.7 Å². The van der Waals surface area contributed by atoms with Gasteiger partial charge in [-0.25, -0.2) is 0 Å². The molecule has 1 spiro atoms. The van der Waals surface area contributed by atoms with Gasteiger partial charge >= 0.3 is 0 Å². The lowest BCUT2D eigenvalue weighted by atomic mass is 9.70. The summed E-state index contributed by atoms with van der Waals surface area (Å²) in [6, 6.07) is 8.92. The summed E-state index contributed by atoms with van der Waals surface area (Å²) in [5, 5.41) is 15.1. The van der Waals surface area contributed by atoms with Crippen LogP contribution in [0, 0.1) is 11.8 Å². The number of alkyl halides is 1.